The Morgan fingerprint density at radius 3 is 2.23 bits per heavy atom. The smallest absolute Gasteiger partial charge is 0.243 e. The van der Waals surface area contributed by atoms with Gasteiger partial charge in [0.25, 0.3) is 0 Å². The summed E-state index contributed by atoms with van der Waals surface area (Å²) in [5.74, 6) is 0.342. The molecule has 0 saturated carbocycles. The first kappa shape index (κ1) is 21.6. The maximum Gasteiger partial charge on any atom is 0.243 e. The number of aryl methyl sites for hydroxylation is 1. The van der Waals surface area contributed by atoms with E-state index in [2.05, 4.69) is 53.8 Å². The summed E-state index contributed by atoms with van der Waals surface area (Å²) in [6.07, 6.45) is 3.04. The highest BCUT2D eigenvalue weighted by Gasteiger charge is 2.11. The summed E-state index contributed by atoms with van der Waals surface area (Å²) in [6.45, 7) is 0.257. The van der Waals surface area contributed by atoms with Gasteiger partial charge in [-0.05, 0) is 60.2 Å². The molecular formula is C25H28N2O3. The first-order valence-electron chi connectivity index (χ1n) is 10.2. The van der Waals surface area contributed by atoms with Crippen molar-refractivity contribution in [1.82, 2.24) is 0 Å². The van der Waals surface area contributed by atoms with Crippen LogP contribution < -0.4 is 15.8 Å². The number of hydrogen-bond donors (Lipinski definition) is 3. The summed E-state index contributed by atoms with van der Waals surface area (Å²) in [5.41, 5.74) is 9.90. The van der Waals surface area contributed by atoms with Gasteiger partial charge in [-0.25, -0.2) is 0 Å². The second kappa shape index (κ2) is 11.1. The largest absolute Gasteiger partial charge is 0.494 e. The van der Waals surface area contributed by atoms with Gasteiger partial charge in [0.1, 0.15) is 11.8 Å². The maximum atomic E-state index is 11.7. The van der Waals surface area contributed by atoms with E-state index in [0.717, 1.165) is 25.0 Å². The summed E-state index contributed by atoms with van der Waals surface area (Å²) in [6, 6.07) is 25.3. The number of amides is 1. The summed E-state index contributed by atoms with van der Waals surface area (Å²) in [5, 5.41) is 11.5. The van der Waals surface area contributed by atoms with Crippen molar-refractivity contribution >= 4 is 11.6 Å². The molecule has 30 heavy (non-hydrogen) atoms. The number of carbonyl (C=O) groups is 1. The molecule has 0 aliphatic rings. The second-order valence-corrected chi connectivity index (χ2v) is 7.17. The average Bonchev–Trinajstić information content (AvgIpc) is 2.80. The molecule has 0 bridgehead atoms. The number of rotatable bonds is 10. The number of nitrogens with two attached hydrogens (primary N) is 1. The lowest BCUT2D eigenvalue weighted by Gasteiger charge is -2.11. The van der Waals surface area contributed by atoms with Crippen LogP contribution in [0.4, 0.5) is 5.69 Å². The molecule has 5 nitrogen and oxygen atoms in total. The van der Waals surface area contributed by atoms with Crippen LogP contribution in [-0.4, -0.2) is 30.3 Å². The summed E-state index contributed by atoms with van der Waals surface area (Å²) in [7, 11) is 0. The van der Waals surface area contributed by atoms with Gasteiger partial charge in [0.05, 0.1) is 13.2 Å². The van der Waals surface area contributed by atoms with Crippen LogP contribution >= 0.6 is 0 Å². The van der Waals surface area contributed by atoms with Gasteiger partial charge in [0.15, 0.2) is 0 Å². The van der Waals surface area contributed by atoms with Gasteiger partial charge < -0.3 is 20.9 Å². The van der Waals surface area contributed by atoms with Gasteiger partial charge in [-0.2, -0.15) is 0 Å². The van der Waals surface area contributed by atoms with Crippen molar-refractivity contribution < 1.29 is 14.6 Å². The predicted molar refractivity (Wildman–Crippen MR) is 120 cm³/mol. The molecule has 0 fully saturated rings. The van der Waals surface area contributed by atoms with Gasteiger partial charge in [-0.1, -0.05) is 54.6 Å². The van der Waals surface area contributed by atoms with Crippen molar-refractivity contribution in [2.75, 3.05) is 18.5 Å². The minimum absolute atomic E-state index is 0.385. The number of carbonyl (C=O) groups excluding carboxylic acids is 1. The van der Waals surface area contributed by atoms with E-state index in [9.17, 15) is 4.79 Å². The monoisotopic (exact) mass is 404 g/mol. The maximum absolute atomic E-state index is 11.7. The zero-order valence-corrected chi connectivity index (χ0v) is 17.0. The molecule has 5 heteroatoms. The molecule has 156 valence electrons. The van der Waals surface area contributed by atoms with Crippen LogP contribution in [0.2, 0.25) is 0 Å². The van der Waals surface area contributed by atoms with E-state index in [1.807, 2.05) is 18.2 Å². The van der Waals surface area contributed by atoms with E-state index >= 15 is 0 Å². The molecule has 0 saturated heterocycles. The van der Waals surface area contributed by atoms with Gasteiger partial charge in [-0.15, -0.1) is 0 Å². The van der Waals surface area contributed by atoms with Crippen molar-refractivity contribution in [1.29, 1.82) is 0 Å². The summed E-state index contributed by atoms with van der Waals surface area (Å²) < 4.78 is 5.77. The Labute approximate surface area is 177 Å². The lowest BCUT2D eigenvalue weighted by Crippen LogP contribution is -2.38. The highest BCUT2D eigenvalue weighted by atomic mass is 16.5. The Bertz CT molecular complexity index is 909. The van der Waals surface area contributed by atoms with Crippen LogP contribution in [0.25, 0.3) is 11.1 Å². The third-order valence-corrected chi connectivity index (χ3v) is 4.84. The molecule has 0 aromatic heterocycles. The summed E-state index contributed by atoms with van der Waals surface area (Å²) in [4.78, 5) is 11.7. The average molecular weight is 405 g/mol. The molecule has 3 aromatic rings. The molecule has 0 radical (unpaired) electrons. The van der Waals surface area contributed by atoms with E-state index in [4.69, 9.17) is 15.6 Å². The minimum atomic E-state index is -0.921. The molecule has 3 aromatic carbocycles. The zero-order valence-electron chi connectivity index (χ0n) is 17.0. The fourth-order valence-corrected chi connectivity index (χ4v) is 3.07. The van der Waals surface area contributed by atoms with Crippen LogP contribution in [0.15, 0.2) is 78.9 Å². The van der Waals surface area contributed by atoms with E-state index in [-0.39, 0.29) is 6.61 Å². The van der Waals surface area contributed by atoms with E-state index in [1.54, 1.807) is 12.1 Å². The number of hydrogen-bond acceptors (Lipinski definition) is 4. The topological polar surface area (TPSA) is 84.6 Å². The van der Waals surface area contributed by atoms with Crippen LogP contribution in [0.5, 0.6) is 5.75 Å². The quantitative estimate of drug-likeness (QED) is 0.446. The van der Waals surface area contributed by atoms with E-state index < -0.39 is 11.9 Å². The third-order valence-electron chi connectivity index (χ3n) is 4.84. The number of unbranched alkanes of at least 4 members (excludes halogenated alkanes) is 1. The minimum Gasteiger partial charge on any atom is -0.494 e. The van der Waals surface area contributed by atoms with Gasteiger partial charge in [0, 0.05) is 5.69 Å². The molecule has 0 aliphatic heterocycles. The Balaban J connectivity index is 1.36. The third kappa shape index (κ3) is 6.44. The standard InChI is InChI=1S/C25H28N2O3/c26-24(18-28)25(29)27-22-13-15-23(16-14-22)30-17-5-4-6-19-9-11-21(12-10-19)20-7-2-1-3-8-20/h1-3,7-16,24,28H,4-6,17-18,26H2,(H,27,29)/t24-/m0/s1. The fourth-order valence-electron chi connectivity index (χ4n) is 3.07. The van der Waals surface area contributed by atoms with Crippen LogP contribution in [0, 0.1) is 0 Å². The number of benzene rings is 3. The van der Waals surface area contributed by atoms with Gasteiger partial charge >= 0.3 is 0 Å². The van der Waals surface area contributed by atoms with Crippen LogP contribution in [0.1, 0.15) is 18.4 Å². The highest BCUT2D eigenvalue weighted by Crippen LogP contribution is 2.20. The Kier molecular flexibility index (Phi) is 8.01. The first-order chi connectivity index (χ1) is 14.7. The van der Waals surface area contributed by atoms with Crippen LogP contribution in [-0.2, 0) is 11.2 Å². The molecule has 0 spiro atoms. The Hall–Kier alpha value is -3.15. The molecule has 1 atom stereocenters. The Morgan fingerprint density at radius 2 is 1.57 bits per heavy atom. The second-order valence-electron chi connectivity index (χ2n) is 7.17. The lowest BCUT2D eigenvalue weighted by atomic mass is 10.0. The van der Waals surface area contributed by atoms with Crippen LogP contribution in [0.3, 0.4) is 0 Å². The Morgan fingerprint density at radius 1 is 0.900 bits per heavy atom. The zero-order chi connectivity index (χ0) is 21.2. The lowest BCUT2D eigenvalue weighted by molar-refractivity contribution is -0.118. The van der Waals surface area contributed by atoms with Gasteiger partial charge in [0.2, 0.25) is 5.91 Å². The molecule has 3 rings (SSSR count). The van der Waals surface area contributed by atoms with Crippen molar-refractivity contribution in [3.05, 3.63) is 84.4 Å². The fraction of sp³-hybridized carbons (Fsp3) is 0.240. The molecule has 0 aliphatic carbocycles. The van der Waals surface area contributed by atoms with Crippen molar-refractivity contribution in [3.8, 4) is 16.9 Å². The SMILES string of the molecule is N[C@@H](CO)C(=O)Nc1ccc(OCCCCc2ccc(-c3ccccc3)cc2)cc1. The molecule has 1 amide bonds. The number of aliphatic hydroxyl groups excluding tert-OH is 1. The van der Waals surface area contributed by atoms with E-state index in [1.165, 1.54) is 16.7 Å². The van der Waals surface area contributed by atoms with Crippen molar-refractivity contribution in [2.45, 2.75) is 25.3 Å². The first-order valence-corrected chi connectivity index (χ1v) is 10.2. The van der Waals surface area contributed by atoms with E-state index in [0.29, 0.717) is 12.3 Å². The normalized spacial score (nSPS) is 11.7. The number of anilines is 1. The number of aliphatic hydroxyl groups is 1. The molecule has 0 heterocycles. The van der Waals surface area contributed by atoms with Gasteiger partial charge in [-0.3, -0.25) is 4.79 Å². The molecule has 0 unspecified atom stereocenters. The molecular weight excluding hydrogens is 376 g/mol. The van der Waals surface area contributed by atoms with Crippen molar-refractivity contribution in [2.24, 2.45) is 5.73 Å². The molecule has 4 N–H and O–H groups in total. The van der Waals surface area contributed by atoms with Crippen molar-refractivity contribution in [3.63, 3.8) is 0 Å². The highest BCUT2D eigenvalue weighted by molar-refractivity contribution is 5.94. The summed E-state index contributed by atoms with van der Waals surface area (Å²) >= 11 is 0. The predicted octanol–water partition coefficient (Wildman–Crippen LogP) is 4.01. The number of nitrogens with one attached hydrogen (secondary N) is 1. The number of ether oxygens (including phenoxy) is 1.